The lowest BCUT2D eigenvalue weighted by Crippen LogP contribution is -2.64. The van der Waals surface area contributed by atoms with E-state index in [4.69, 9.17) is 18.9 Å². The maximum absolute atomic E-state index is 10.8. The van der Waals surface area contributed by atoms with Gasteiger partial charge in [0.05, 0.1) is 19.3 Å². The van der Waals surface area contributed by atoms with Crippen LogP contribution in [0.5, 0.6) is 0 Å². The van der Waals surface area contributed by atoms with E-state index in [-0.39, 0.29) is 6.10 Å². The first kappa shape index (κ1) is 40.5. The molecule has 11 atom stereocenters. The monoisotopic (exact) mass is 648 g/mol. The summed E-state index contributed by atoms with van der Waals surface area (Å²) >= 11 is 0. The van der Waals surface area contributed by atoms with Gasteiger partial charge in [0.15, 0.2) is 12.6 Å². The molecule has 0 amide bonds. The summed E-state index contributed by atoms with van der Waals surface area (Å²) in [4.78, 5) is 0. The highest BCUT2D eigenvalue weighted by Gasteiger charge is 2.51. The minimum atomic E-state index is -1.70. The smallest absolute Gasteiger partial charge is 0.187 e. The van der Waals surface area contributed by atoms with Gasteiger partial charge in [-0.3, -0.25) is 0 Å². The molecule has 2 aliphatic rings. The Kier molecular flexibility index (Phi) is 19.2. The molecule has 0 aliphatic carbocycles. The Labute approximate surface area is 270 Å². The van der Waals surface area contributed by atoms with Crippen LogP contribution in [0.4, 0.5) is 0 Å². The Bertz CT molecular complexity index is 789. The Morgan fingerprint density at radius 2 is 1.11 bits per heavy atom. The van der Waals surface area contributed by atoms with E-state index in [2.05, 4.69) is 32.9 Å². The number of rotatable bonds is 21. The van der Waals surface area contributed by atoms with Crippen molar-refractivity contribution in [2.75, 3.05) is 13.2 Å². The molecular weight excluding hydrogens is 584 g/mol. The predicted octanol–water partition coefficient (Wildman–Crippen LogP) is 3.08. The third-order valence-electron chi connectivity index (χ3n) is 8.78. The first-order valence-corrected chi connectivity index (χ1v) is 17.3. The summed E-state index contributed by atoms with van der Waals surface area (Å²) < 4.78 is 22.9. The van der Waals surface area contributed by atoms with Crippen LogP contribution < -0.4 is 0 Å². The highest BCUT2D eigenvalue weighted by Crippen LogP contribution is 2.30. The molecule has 7 N–H and O–H groups in total. The minimum Gasteiger partial charge on any atom is -0.394 e. The van der Waals surface area contributed by atoms with Crippen molar-refractivity contribution in [2.45, 2.75) is 185 Å². The Hall–Kier alpha value is -0.700. The largest absolute Gasteiger partial charge is 0.394 e. The number of allylic oxidation sites excluding steroid dienone is 2. The second-order valence-corrected chi connectivity index (χ2v) is 14.1. The van der Waals surface area contributed by atoms with Crippen LogP contribution in [0, 0.1) is 5.41 Å². The standard InChI is InChI=1S/C34H64O11/c1-23(19-17-15-13-11-9-7-5-6-8-10-12-14-16-18-20-34(2,3)4)42-33-31(29(40)27(38)25(22-36)44-33)45-32-30(41)28(39)26(37)24(21-35)43-32/h5,7,23-33,35-41H,6,8-22H2,1-4H3/b7-5-. The van der Waals surface area contributed by atoms with E-state index in [9.17, 15) is 35.7 Å². The number of aliphatic hydroxyl groups is 7. The SMILES string of the molecule is CC(CCCCCC/C=C\CCCCCCCCC(C)(C)C)OC1OC(CO)C(O)C(O)C1OC1OC(CO)C(O)C(O)C1O. The molecule has 11 unspecified atom stereocenters. The molecule has 11 heteroatoms. The Morgan fingerprint density at radius 1 is 0.622 bits per heavy atom. The lowest BCUT2D eigenvalue weighted by atomic mass is 9.89. The van der Waals surface area contributed by atoms with E-state index in [1.807, 2.05) is 6.92 Å². The minimum absolute atomic E-state index is 0.309. The van der Waals surface area contributed by atoms with Crippen LogP contribution >= 0.6 is 0 Å². The van der Waals surface area contributed by atoms with E-state index in [1.54, 1.807) is 0 Å². The molecule has 0 spiro atoms. The zero-order valence-corrected chi connectivity index (χ0v) is 28.1. The van der Waals surface area contributed by atoms with Gasteiger partial charge < -0.3 is 54.7 Å². The van der Waals surface area contributed by atoms with Gasteiger partial charge in [-0.15, -0.1) is 0 Å². The number of aliphatic hydroxyl groups excluding tert-OH is 7. The van der Waals surface area contributed by atoms with E-state index >= 15 is 0 Å². The van der Waals surface area contributed by atoms with Gasteiger partial charge in [-0.05, 0) is 50.9 Å². The van der Waals surface area contributed by atoms with Crippen LogP contribution in [0.2, 0.25) is 0 Å². The van der Waals surface area contributed by atoms with Crippen molar-refractivity contribution < 1.29 is 54.7 Å². The van der Waals surface area contributed by atoms with E-state index < -0.39 is 74.6 Å². The van der Waals surface area contributed by atoms with Gasteiger partial charge in [0, 0.05) is 0 Å². The number of hydrogen-bond donors (Lipinski definition) is 7. The third kappa shape index (κ3) is 14.5. The number of ether oxygens (including phenoxy) is 4. The van der Waals surface area contributed by atoms with Gasteiger partial charge in [0.1, 0.15) is 48.8 Å². The fraction of sp³-hybridized carbons (Fsp3) is 0.941. The average Bonchev–Trinajstić information content (AvgIpc) is 2.99. The Balaban J connectivity index is 1.66. The first-order chi connectivity index (χ1) is 21.4. The van der Waals surface area contributed by atoms with Crippen LogP contribution in [0.3, 0.4) is 0 Å². The number of hydrogen-bond acceptors (Lipinski definition) is 11. The number of unbranched alkanes of at least 4 members (excludes halogenated alkanes) is 10. The molecule has 2 saturated heterocycles. The van der Waals surface area contributed by atoms with Crippen LogP contribution in [0.25, 0.3) is 0 Å². The molecular formula is C34H64O11. The molecule has 0 saturated carbocycles. The van der Waals surface area contributed by atoms with Crippen LogP contribution in [-0.2, 0) is 18.9 Å². The molecule has 0 aromatic rings. The molecule has 266 valence electrons. The van der Waals surface area contributed by atoms with Crippen molar-refractivity contribution in [3.63, 3.8) is 0 Å². The fourth-order valence-corrected chi connectivity index (χ4v) is 5.85. The molecule has 2 aliphatic heterocycles. The second-order valence-electron chi connectivity index (χ2n) is 14.1. The third-order valence-corrected chi connectivity index (χ3v) is 8.78. The highest BCUT2D eigenvalue weighted by atomic mass is 16.8. The average molecular weight is 649 g/mol. The lowest BCUT2D eigenvalue weighted by molar-refractivity contribution is -0.371. The molecule has 2 heterocycles. The maximum atomic E-state index is 10.8. The summed E-state index contributed by atoms with van der Waals surface area (Å²) in [7, 11) is 0. The molecule has 0 aromatic carbocycles. The molecule has 2 fully saturated rings. The summed E-state index contributed by atoms with van der Waals surface area (Å²) in [6.45, 7) is 7.58. The summed E-state index contributed by atoms with van der Waals surface area (Å²) in [5, 5.41) is 70.8. The highest BCUT2D eigenvalue weighted by molar-refractivity contribution is 4.94. The maximum Gasteiger partial charge on any atom is 0.187 e. The summed E-state index contributed by atoms with van der Waals surface area (Å²) in [6, 6.07) is 0. The van der Waals surface area contributed by atoms with Crippen molar-refractivity contribution in [3.05, 3.63) is 12.2 Å². The van der Waals surface area contributed by atoms with Crippen LogP contribution in [0.1, 0.15) is 118 Å². The van der Waals surface area contributed by atoms with Crippen molar-refractivity contribution in [3.8, 4) is 0 Å². The Morgan fingerprint density at radius 3 is 1.67 bits per heavy atom. The molecule has 45 heavy (non-hydrogen) atoms. The zero-order valence-electron chi connectivity index (χ0n) is 28.1. The van der Waals surface area contributed by atoms with Crippen molar-refractivity contribution in [1.29, 1.82) is 0 Å². The topological polar surface area (TPSA) is 179 Å². The van der Waals surface area contributed by atoms with Gasteiger partial charge in [-0.1, -0.05) is 84.3 Å². The molecule has 0 aromatic heterocycles. The van der Waals surface area contributed by atoms with Crippen LogP contribution in [-0.4, -0.2) is 116 Å². The first-order valence-electron chi connectivity index (χ1n) is 17.3. The summed E-state index contributed by atoms with van der Waals surface area (Å²) in [6.07, 6.45) is 6.22. The molecule has 0 radical (unpaired) electrons. The molecule has 2 rings (SSSR count). The van der Waals surface area contributed by atoms with E-state index in [1.165, 1.54) is 44.9 Å². The van der Waals surface area contributed by atoms with Crippen molar-refractivity contribution in [1.82, 2.24) is 0 Å². The van der Waals surface area contributed by atoms with Gasteiger partial charge in [-0.2, -0.15) is 0 Å². The van der Waals surface area contributed by atoms with Crippen molar-refractivity contribution >= 4 is 0 Å². The molecule has 0 bridgehead atoms. The van der Waals surface area contributed by atoms with Gasteiger partial charge in [0.2, 0.25) is 0 Å². The summed E-state index contributed by atoms with van der Waals surface area (Å²) in [5.41, 5.74) is 0.454. The normalized spacial score (nSPS) is 33.6. The van der Waals surface area contributed by atoms with E-state index in [0.717, 1.165) is 38.5 Å². The van der Waals surface area contributed by atoms with Gasteiger partial charge >= 0.3 is 0 Å². The zero-order chi connectivity index (χ0) is 33.4. The van der Waals surface area contributed by atoms with Gasteiger partial charge in [-0.25, -0.2) is 0 Å². The second kappa shape index (κ2) is 21.3. The summed E-state index contributed by atoms with van der Waals surface area (Å²) in [5.74, 6) is 0. The fourth-order valence-electron chi connectivity index (χ4n) is 5.85. The van der Waals surface area contributed by atoms with Crippen molar-refractivity contribution in [2.24, 2.45) is 5.41 Å². The molecule has 11 nitrogen and oxygen atoms in total. The lowest BCUT2D eigenvalue weighted by Gasteiger charge is -2.46. The van der Waals surface area contributed by atoms with Crippen LogP contribution in [0.15, 0.2) is 12.2 Å². The predicted molar refractivity (Wildman–Crippen MR) is 170 cm³/mol. The quantitative estimate of drug-likeness (QED) is 0.0719. The van der Waals surface area contributed by atoms with Gasteiger partial charge in [0.25, 0.3) is 0 Å². The van der Waals surface area contributed by atoms with E-state index in [0.29, 0.717) is 11.8 Å².